The average molecular weight is 451 g/mol. The predicted molar refractivity (Wildman–Crippen MR) is 108 cm³/mol. The molecule has 2 fully saturated rings. The molecule has 1 aliphatic heterocycles. The maximum Gasteiger partial charge on any atom is 0.272 e. The summed E-state index contributed by atoms with van der Waals surface area (Å²) in [5, 5.41) is 15.2. The van der Waals surface area contributed by atoms with E-state index in [0.29, 0.717) is 17.6 Å². The van der Waals surface area contributed by atoms with Crippen LogP contribution in [-0.4, -0.2) is 38.7 Å². The highest BCUT2D eigenvalue weighted by Gasteiger charge is 2.31. The number of piperidine rings is 1. The lowest BCUT2D eigenvalue weighted by Crippen LogP contribution is -2.43. The maximum absolute atomic E-state index is 14.3. The minimum Gasteiger partial charge on any atom is -0.300 e. The van der Waals surface area contributed by atoms with Gasteiger partial charge in [0.25, 0.3) is 5.69 Å². The van der Waals surface area contributed by atoms with Gasteiger partial charge in [0.1, 0.15) is 5.82 Å². The second-order valence-corrected chi connectivity index (χ2v) is 8.79. The third kappa shape index (κ3) is 4.12. The molecule has 150 valence electrons. The SMILES string of the molecule is O=[N+]([O-])c1ccc(C2CCN(C3CCC(n4cc(Br)cn4)CC3)CC2)c(F)c1. The Bertz CT molecular complexity index is 842. The summed E-state index contributed by atoms with van der Waals surface area (Å²) in [5.74, 6) is -0.298. The molecular formula is C20H24BrFN4O2. The number of likely N-dealkylation sites (tertiary alicyclic amines) is 1. The Morgan fingerprint density at radius 2 is 1.79 bits per heavy atom. The van der Waals surface area contributed by atoms with E-state index in [1.54, 1.807) is 6.07 Å². The van der Waals surface area contributed by atoms with Gasteiger partial charge in [-0.1, -0.05) is 0 Å². The third-order valence-electron chi connectivity index (χ3n) is 6.29. The van der Waals surface area contributed by atoms with Gasteiger partial charge >= 0.3 is 0 Å². The smallest absolute Gasteiger partial charge is 0.272 e. The standard InChI is InChI=1S/C20H24BrFN4O2/c21-15-12-23-25(13-15)17-3-1-16(2-4-17)24-9-7-14(8-10-24)19-6-5-18(26(27)28)11-20(19)22/h5-6,11-14,16-17H,1-4,7-10H2. The van der Waals surface area contributed by atoms with Gasteiger partial charge in [-0.2, -0.15) is 5.10 Å². The number of nitro benzene ring substituents is 1. The summed E-state index contributed by atoms with van der Waals surface area (Å²) in [6, 6.07) is 5.14. The zero-order valence-electron chi connectivity index (χ0n) is 15.6. The lowest BCUT2D eigenvalue weighted by Gasteiger charge is -2.41. The lowest BCUT2D eigenvalue weighted by atomic mass is 9.85. The second-order valence-electron chi connectivity index (χ2n) is 7.87. The monoisotopic (exact) mass is 450 g/mol. The molecule has 0 unspecified atom stereocenters. The summed E-state index contributed by atoms with van der Waals surface area (Å²) < 4.78 is 17.4. The molecule has 28 heavy (non-hydrogen) atoms. The van der Waals surface area contributed by atoms with Crippen LogP contribution in [0.25, 0.3) is 0 Å². The third-order valence-corrected chi connectivity index (χ3v) is 6.70. The van der Waals surface area contributed by atoms with E-state index in [1.165, 1.54) is 18.9 Å². The molecule has 4 rings (SSSR count). The number of nitrogens with zero attached hydrogens (tertiary/aromatic N) is 4. The van der Waals surface area contributed by atoms with Crippen LogP contribution < -0.4 is 0 Å². The van der Waals surface area contributed by atoms with Gasteiger partial charge in [0.05, 0.1) is 27.7 Å². The number of nitro groups is 1. The van der Waals surface area contributed by atoms with Crippen molar-refractivity contribution in [1.82, 2.24) is 14.7 Å². The molecule has 2 aromatic rings. The zero-order chi connectivity index (χ0) is 19.7. The Balaban J connectivity index is 1.31. The minimum atomic E-state index is -0.548. The maximum atomic E-state index is 14.3. The van der Waals surface area contributed by atoms with Gasteiger partial charge in [-0.05, 0) is 85.1 Å². The van der Waals surface area contributed by atoms with E-state index in [-0.39, 0.29) is 11.6 Å². The van der Waals surface area contributed by atoms with Crippen molar-refractivity contribution in [3.05, 3.63) is 56.6 Å². The van der Waals surface area contributed by atoms with Crippen LogP contribution >= 0.6 is 15.9 Å². The number of benzene rings is 1. The van der Waals surface area contributed by atoms with Crippen LogP contribution in [0, 0.1) is 15.9 Å². The van der Waals surface area contributed by atoms with Gasteiger partial charge in [-0.3, -0.25) is 14.8 Å². The van der Waals surface area contributed by atoms with E-state index >= 15 is 0 Å². The molecular weight excluding hydrogens is 427 g/mol. The molecule has 6 nitrogen and oxygen atoms in total. The number of hydrogen-bond donors (Lipinski definition) is 0. The summed E-state index contributed by atoms with van der Waals surface area (Å²) in [6.07, 6.45) is 10.3. The van der Waals surface area contributed by atoms with Crippen LogP contribution in [0.4, 0.5) is 10.1 Å². The Labute approximate surface area is 172 Å². The largest absolute Gasteiger partial charge is 0.300 e. The minimum absolute atomic E-state index is 0.148. The van der Waals surface area contributed by atoms with E-state index in [0.717, 1.165) is 49.3 Å². The summed E-state index contributed by atoms with van der Waals surface area (Å²) in [7, 11) is 0. The quantitative estimate of drug-likeness (QED) is 0.482. The van der Waals surface area contributed by atoms with E-state index in [9.17, 15) is 14.5 Å². The first-order chi connectivity index (χ1) is 13.5. The van der Waals surface area contributed by atoms with Crippen LogP contribution in [0.15, 0.2) is 35.1 Å². The summed E-state index contributed by atoms with van der Waals surface area (Å²) in [4.78, 5) is 12.8. The summed E-state index contributed by atoms with van der Waals surface area (Å²) >= 11 is 3.46. The van der Waals surface area contributed by atoms with Crippen molar-refractivity contribution in [3.63, 3.8) is 0 Å². The Hall–Kier alpha value is -1.80. The topological polar surface area (TPSA) is 64.2 Å². The molecule has 1 aromatic carbocycles. The van der Waals surface area contributed by atoms with E-state index in [4.69, 9.17) is 0 Å². The van der Waals surface area contributed by atoms with Gasteiger partial charge in [0.2, 0.25) is 0 Å². The van der Waals surface area contributed by atoms with E-state index in [1.807, 2.05) is 6.20 Å². The number of rotatable bonds is 4. The van der Waals surface area contributed by atoms with Crippen LogP contribution in [0.1, 0.15) is 56.0 Å². The highest BCUT2D eigenvalue weighted by molar-refractivity contribution is 9.10. The summed E-state index contributed by atoms with van der Waals surface area (Å²) in [5.41, 5.74) is 0.442. The first-order valence-corrected chi connectivity index (χ1v) is 10.7. The van der Waals surface area contributed by atoms with Crippen molar-refractivity contribution in [3.8, 4) is 0 Å². The van der Waals surface area contributed by atoms with Crippen LogP contribution in [0.2, 0.25) is 0 Å². The van der Waals surface area contributed by atoms with Crippen LogP contribution in [0.3, 0.4) is 0 Å². The van der Waals surface area contributed by atoms with Crippen molar-refractivity contribution >= 4 is 21.6 Å². The number of aromatic nitrogens is 2. The van der Waals surface area contributed by atoms with Gasteiger partial charge < -0.3 is 4.90 Å². The molecule has 0 spiro atoms. The molecule has 1 saturated heterocycles. The molecule has 2 aliphatic rings. The fraction of sp³-hybridized carbons (Fsp3) is 0.550. The average Bonchev–Trinajstić information content (AvgIpc) is 3.14. The highest BCUT2D eigenvalue weighted by atomic mass is 79.9. The predicted octanol–water partition coefficient (Wildman–Crippen LogP) is 5.06. The molecule has 0 atom stereocenters. The first kappa shape index (κ1) is 19.5. The van der Waals surface area contributed by atoms with E-state index < -0.39 is 10.7 Å². The molecule has 8 heteroatoms. The number of halogens is 2. The van der Waals surface area contributed by atoms with Crippen LogP contribution in [-0.2, 0) is 0 Å². The Morgan fingerprint density at radius 1 is 1.11 bits per heavy atom. The second kappa shape index (κ2) is 8.29. The van der Waals surface area contributed by atoms with Gasteiger partial charge in [-0.25, -0.2) is 4.39 Å². The number of non-ortho nitro benzene ring substituents is 1. The normalized spacial score (nSPS) is 24.4. The number of hydrogen-bond acceptors (Lipinski definition) is 4. The molecule has 1 saturated carbocycles. The first-order valence-electron chi connectivity index (χ1n) is 9.89. The lowest BCUT2D eigenvalue weighted by molar-refractivity contribution is -0.385. The molecule has 0 amide bonds. The highest BCUT2D eigenvalue weighted by Crippen LogP contribution is 2.36. The zero-order valence-corrected chi connectivity index (χ0v) is 17.2. The molecule has 1 aromatic heterocycles. The van der Waals surface area contributed by atoms with Crippen molar-refractivity contribution in [2.75, 3.05) is 13.1 Å². The van der Waals surface area contributed by atoms with E-state index in [2.05, 4.69) is 36.8 Å². The summed E-state index contributed by atoms with van der Waals surface area (Å²) in [6.45, 7) is 1.92. The fourth-order valence-electron chi connectivity index (χ4n) is 4.74. The van der Waals surface area contributed by atoms with Crippen molar-refractivity contribution in [2.24, 2.45) is 0 Å². The van der Waals surface area contributed by atoms with Gasteiger partial charge in [0.15, 0.2) is 0 Å². The van der Waals surface area contributed by atoms with Gasteiger partial charge in [-0.15, -0.1) is 0 Å². The Morgan fingerprint density at radius 3 is 2.36 bits per heavy atom. The molecule has 1 aliphatic carbocycles. The van der Waals surface area contributed by atoms with Crippen molar-refractivity contribution in [1.29, 1.82) is 0 Å². The molecule has 0 N–H and O–H groups in total. The fourth-order valence-corrected chi connectivity index (χ4v) is 5.04. The van der Waals surface area contributed by atoms with Crippen molar-refractivity contribution < 1.29 is 9.31 Å². The van der Waals surface area contributed by atoms with Crippen molar-refractivity contribution in [2.45, 2.75) is 56.5 Å². The Kier molecular flexibility index (Phi) is 5.78. The molecule has 0 radical (unpaired) electrons. The van der Waals surface area contributed by atoms with Gasteiger partial charge in [0, 0.05) is 18.3 Å². The van der Waals surface area contributed by atoms with Crippen LogP contribution in [0.5, 0.6) is 0 Å². The molecule has 0 bridgehead atoms. The molecule has 2 heterocycles.